The van der Waals surface area contributed by atoms with Gasteiger partial charge in [-0.1, -0.05) is 6.07 Å². The first-order valence-electron chi connectivity index (χ1n) is 7.46. The second-order valence-corrected chi connectivity index (χ2v) is 5.65. The number of aromatic nitrogens is 1. The van der Waals surface area contributed by atoms with Crippen molar-refractivity contribution >= 4 is 16.6 Å². The molecule has 2 heterocycles. The lowest BCUT2D eigenvalue weighted by molar-refractivity contribution is 0.201. The van der Waals surface area contributed by atoms with Gasteiger partial charge in [-0.3, -0.25) is 4.90 Å². The summed E-state index contributed by atoms with van der Waals surface area (Å²) >= 11 is 0. The van der Waals surface area contributed by atoms with Gasteiger partial charge in [0.05, 0.1) is 0 Å². The minimum atomic E-state index is 0.284. The molecule has 0 bridgehead atoms. The number of hydrogen-bond acceptors (Lipinski definition) is 5. The maximum atomic E-state index is 9.73. The van der Waals surface area contributed by atoms with E-state index in [1.807, 2.05) is 18.3 Å². The molecule has 5 heteroatoms. The largest absolute Gasteiger partial charge is 0.508 e. The third-order valence-electron chi connectivity index (χ3n) is 4.31. The first-order chi connectivity index (χ1) is 10.2. The summed E-state index contributed by atoms with van der Waals surface area (Å²) in [6, 6.07) is 7.85. The molecule has 3 rings (SSSR count). The van der Waals surface area contributed by atoms with E-state index in [4.69, 9.17) is 5.73 Å². The summed E-state index contributed by atoms with van der Waals surface area (Å²) in [4.78, 5) is 9.24. The van der Waals surface area contributed by atoms with E-state index in [0.717, 1.165) is 42.8 Å². The monoisotopic (exact) mass is 286 g/mol. The molecule has 2 aromatic rings. The molecular formula is C16H22N4O. The highest BCUT2D eigenvalue weighted by Crippen LogP contribution is 2.28. The summed E-state index contributed by atoms with van der Waals surface area (Å²) < 4.78 is 0. The highest BCUT2D eigenvalue weighted by molar-refractivity contribution is 5.93. The van der Waals surface area contributed by atoms with Gasteiger partial charge < -0.3 is 15.7 Å². The molecule has 1 saturated heterocycles. The van der Waals surface area contributed by atoms with Crippen molar-refractivity contribution in [2.45, 2.75) is 13.0 Å². The van der Waals surface area contributed by atoms with Gasteiger partial charge in [0, 0.05) is 50.3 Å². The lowest BCUT2D eigenvalue weighted by Crippen LogP contribution is -2.51. The molecule has 3 N–H and O–H groups in total. The molecular weight excluding hydrogens is 264 g/mol. The third kappa shape index (κ3) is 2.80. The lowest BCUT2D eigenvalue weighted by atomic mass is 10.1. The van der Waals surface area contributed by atoms with Crippen molar-refractivity contribution in [1.29, 1.82) is 0 Å². The second kappa shape index (κ2) is 5.87. The van der Waals surface area contributed by atoms with Crippen LogP contribution < -0.4 is 10.6 Å². The minimum Gasteiger partial charge on any atom is -0.508 e. The number of phenolic OH excluding ortho intramolecular Hbond substituents is 1. The predicted octanol–water partition coefficient (Wildman–Crippen LogP) is 1.41. The van der Waals surface area contributed by atoms with E-state index in [1.54, 1.807) is 12.1 Å². The minimum absolute atomic E-state index is 0.284. The maximum absolute atomic E-state index is 9.73. The number of piperazine rings is 1. The topological polar surface area (TPSA) is 65.6 Å². The Hall–Kier alpha value is -1.85. The number of nitrogens with two attached hydrogens (primary N) is 1. The number of hydrogen-bond donors (Lipinski definition) is 2. The van der Waals surface area contributed by atoms with Crippen molar-refractivity contribution in [3.8, 4) is 5.75 Å². The summed E-state index contributed by atoms with van der Waals surface area (Å²) in [5.41, 5.74) is 5.74. The molecule has 0 spiro atoms. The van der Waals surface area contributed by atoms with E-state index in [1.165, 1.54) is 0 Å². The van der Waals surface area contributed by atoms with Gasteiger partial charge in [-0.25, -0.2) is 4.98 Å². The lowest BCUT2D eigenvalue weighted by Gasteiger charge is -2.38. The van der Waals surface area contributed by atoms with Crippen molar-refractivity contribution in [3.05, 3.63) is 30.5 Å². The molecule has 1 aliphatic heterocycles. The molecule has 1 aliphatic rings. The van der Waals surface area contributed by atoms with E-state index in [9.17, 15) is 5.11 Å². The predicted molar refractivity (Wildman–Crippen MR) is 85.7 cm³/mol. The van der Waals surface area contributed by atoms with Gasteiger partial charge in [0.2, 0.25) is 0 Å². The SMILES string of the molecule is CC(CN)N1CCN(c2nccc3ccc(O)cc23)CC1. The molecule has 21 heavy (non-hydrogen) atoms. The van der Waals surface area contributed by atoms with Crippen LogP contribution >= 0.6 is 0 Å². The van der Waals surface area contributed by atoms with Gasteiger partial charge in [-0.15, -0.1) is 0 Å². The molecule has 0 radical (unpaired) electrons. The standard InChI is InChI=1S/C16H22N4O/c1-12(11-17)19-6-8-20(9-7-19)16-15-10-14(21)3-2-13(15)4-5-18-16/h2-5,10,12,21H,6-9,11,17H2,1H3. The van der Waals surface area contributed by atoms with Crippen LogP contribution in [0.25, 0.3) is 10.8 Å². The van der Waals surface area contributed by atoms with Crippen LogP contribution in [0.4, 0.5) is 5.82 Å². The van der Waals surface area contributed by atoms with Gasteiger partial charge in [0.15, 0.2) is 0 Å². The van der Waals surface area contributed by atoms with Crippen molar-refractivity contribution in [2.75, 3.05) is 37.6 Å². The van der Waals surface area contributed by atoms with Crippen molar-refractivity contribution in [1.82, 2.24) is 9.88 Å². The molecule has 112 valence electrons. The average molecular weight is 286 g/mol. The normalized spacial score (nSPS) is 18.1. The maximum Gasteiger partial charge on any atom is 0.136 e. The highest BCUT2D eigenvalue weighted by atomic mass is 16.3. The van der Waals surface area contributed by atoms with Crippen LogP contribution in [0.1, 0.15) is 6.92 Å². The highest BCUT2D eigenvalue weighted by Gasteiger charge is 2.22. The quantitative estimate of drug-likeness (QED) is 0.893. The van der Waals surface area contributed by atoms with Crippen molar-refractivity contribution in [2.24, 2.45) is 5.73 Å². The second-order valence-electron chi connectivity index (χ2n) is 5.65. The summed E-state index contributed by atoms with van der Waals surface area (Å²) in [5, 5.41) is 11.9. The zero-order chi connectivity index (χ0) is 14.8. The zero-order valence-electron chi connectivity index (χ0n) is 12.4. The Morgan fingerprint density at radius 3 is 2.71 bits per heavy atom. The number of phenols is 1. The van der Waals surface area contributed by atoms with Gasteiger partial charge >= 0.3 is 0 Å². The number of anilines is 1. The molecule has 1 unspecified atom stereocenters. The smallest absolute Gasteiger partial charge is 0.136 e. The molecule has 0 aliphatic carbocycles. The first kappa shape index (κ1) is 14.1. The van der Waals surface area contributed by atoms with Crippen LogP contribution in [-0.4, -0.2) is 53.8 Å². The fourth-order valence-corrected chi connectivity index (χ4v) is 2.92. The Morgan fingerprint density at radius 2 is 2.00 bits per heavy atom. The van der Waals surface area contributed by atoms with Crippen LogP contribution in [0, 0.1) is 0 Å². The van der Waals surface area contributed by atoms with E-state index < -0.39 is 0 Å². The van der Waals surface area contributed by atoms with E-state index in [0.29, 0.717) is 12.6 Å². The Balaban J connectivity index is 1.84. The summed E-state index contributed by atoms with van der Waals surface area (Å²) in [6.07, 6.45) is 1.84. The summed E-state index contributed by atoms with van der Waals surface area (Å²) in [7, 11) is 0. The van der Waals surface area contributed by atoms with Crippen LogP contribution in [0.5, 0.6) is 5.75 Å². The van der Waals surface area contributed by atoms with Gasteiger partial charge in [0.25, 0.3) is 0 Å². The summed E-state index contributed by atoms with van der Waals surface area (Å²) in [5.74, 6) is 1.25. The molecule has 1 atom stereocenters. The van der Waals surface area contributed by atoms with Crippen LogP contribution in [0.15, 0.2) is 30.5 Å². The Bertz CT molecular complexity index is 623. The van der Waals surface area contributed by atoms with E-state index in [2.05, 4.69) is 21.7 Å². The van der Waals surface area contributed by atoms with Crippen LogP contribution in [0.2, 0.25) is 0 Å². The zero-order valence-corrected chi connectivity index (χ0v) is 12.4. The number of nitrogens with zero attached hydrogens (tertiary/aromatic N) is 3. The molecule has 1 fully saturated rings. The number of rotatable bonds is 3. The van der Waals surface area contributed by atoms with Crippen LogP contribution in [-0.2, 0) is 0 Å². The van der Waals surface area contributed by atoms with Crippen molar-refractivity contribution < 1.29 is 5.11 Å². The Labute approximate surface area is 125 Å². The molecule has 1 aromatic carbocycles. The Morgan fingerprint density at radius 1 is 1.24 bits per heavy atom. The Kier molecular flexibility index (Phi) is 3.94. The van der Waals surface area contributed by atoms with Gasteiger partial charge in [0.1, 0.15) is 11.6 Å². The average Bonchev–Trinajstić information content (AvgIpc) is 2.53. The molecule has 0 saturated carbocycles. The third-order valence-corrected chi connectivity index (χ3v) is 4.31. The number of fused-ring (bicyclic) bond motifs is 1. The fraction of sp³-hybridized carbons (Fsp3) is 0.438. The fourth-order valence-electron chi connectivity index (χ4n) is 2.92. The van der Waals surface area contributed by atoms with Crippen LogP contribution in [0.3, 0.4) is 0 Å². The number of aromatic hydroxyl groups is 1. The number of pyridine rings is 1. The molecule has 1 aromatic heterocycles. The first-order valence-corrected chi connectivity index (χ1v) is 7.46. The number of benzene rings is 1. The molecule has 5 nitrogen and oxygen atoms in total. The van der Waals surface area contributed by atoms with E-state index >= 15 is 0 Å². The summed E-state index contributed by atoms with van der Waals surface area (Å²) in [6.45, 7) is 6.73. The van der Waals surface area contributed by atoms with Gasteiger partial charge in [-0.05, 0) is 30.5 Å². The van der Waals surface area contributed by atoms with E-state index in [-0.39, 0.29) is 5.75 Å². The van der Waals surface area contributed by atoms with Gasteiger partial charge in [-0.2, -0.15) is 0 Å². The molecule has 0 amide bonds. The van der Waals surface area contributed by atoms with Crippen molar-refractivity contribution in [3.63, 3.8) is 0 Å².